The lowest BCUT2D eigenvalue weighted by molar-refractivity contribution is -0.385. The highest BCUT2D eigenvalue weighted by Crippen LogP contribution is 2.26. The monoisotopic (exact) mass is 232 g/mol. The van der Waals surface area contributed by atoms with Crippen molar-refractivity contribution in [3.63, 3.8) is 0 Å². The molecule has 2 aromatic carbocycles. The van der Waals surface area contributed by atoms with E-state index in [4.69, 9.17) is 4.74 Å². The lowest BCUT2D eigenvalue weighted by atomic mass is 10.3. The van der Waals surface area contributed by atoms with Gasteiger partial charge < -0.3 is 4.74 Å². The second kappa shape index (κ2) is 4.61. The van der Waals surface area contributed by atoms with Crippen LogP contribution in [-0.2, 0) is 0 Å². The van der Waals surface area contributed by atoms with Crippen molar-refractivity contribution >= 4 is 5.69 Å². The lowest BCUT2D eigenvalue weighted by Crippen LogP contribution is -1.92. The Balaban J connectivity index is 2.26. The topological polar surface area (TPSA) is 52.4 Å². The fourth-order valence-electron chi connectivity index (χ4n) is 1.25. The molecule has 1 radical (unpaired) electrons. The number of rotatable bonds is 3. The van der Waals surface area contributed by atoms with Crippen LogP contribution in [0.5, 0.6) is 11.5 Å². The molecule has 0 atom stereocenters. The molecule has 0 bridgehead atoms. The van der Waals surface area contributed by atoms with E-state index in [0.717, 1.165) is 6.07 Å². The Morgan fingerprint density at radius 1 is 1.24 bits per heavy atom. The fraction of sp³-hybridized carbons (Fsp3) is 0. The normalized spacial score (nSPS) is 9.94. The van der Waals surface area contributed by atoms with Crippen molar-refractivity contribution < 1.29 is 14.1 Å². The van der Waals surface area contributed by atoms with Crippen molar-refractivity contribution in [3.8, 4) is 11.5 Å². The highest BCUT2D eigenvalue weighted by molar-refractivity contribution is 5.39. The van der Waals surface area contributed by atoms with Crippen molar-refractivity contribution in [2.75, 3.05) is 0 Å². The standard InChI is InChI=1S/C12H7FNO3/c13-11-8-9(14(15)16)6-7-12(11)17-10-4-2-1-3-5-10/h2-8H. The zero-order valence-electron chi connectivity index (χ0n) is 8.59. The van der Waals surface area contributed by atoms with E-state index in [1.165, 1.54) is 12.1 Å². The van der Waals surface area contributed by atoms with E-state index < -0.39 is 10.7 Å². The molecule has 0 aliphatic carbocycles. The Morgan fingerprint density at radius 2 is 1.94 bits per heavy atom. The lowest BCUT2D eigenvalue weighted by Gasteiger charge is -2.05. The van der Waals surface area contributed by atoms with Crippen LogP contribution in [0.25, 0.3) is 0 Å². The van der Waals surface area contributed by atoms with Crippen LogP contribution in [0.1, 0.15) is 0 Å². The largest absolute Gasteiger partial charge is 0.454 e. The Kier molecular flexibility index (Phi) is 3.00. The summed E-state index contributed by atoms with van der Waals surface area (Å²) in [5.74, 6) is -0.384. The highest BCUT2D eigenvalue weighted by Gasteiger charge is 2.11. The Morgan fingerprint density at radius 3 is 2.53 bits per heavy atom. The van der Waals surface area contributed by atoms with E-state index in [1.807, 2.05) is 0 Å². The summed E-state index contributed by atoms with van der Waals surface area (Å²) in [6.45, 7) is 0. The summed E-state index contributed by atoms with van der Waals surface area (Å²) < 4.78 is 18.7. The first kappa shape index (κ1) is 11.1. The highest BCUT2D eigenvalue weighted by atomic mass is 19.1. The van der Waals surface area contributed by atoms with Gasteiger partial charge in [0.25, 0.3) is 5.69 Å². The first-order valence-electron chi connectivity index (χ1n) is 4.75. The minimum Gasteiger partial charge on any atom is -0.454 e. The van der Waals surface area contributed by atoms with Gasteiger partial charge >= 0.3 is 0 Å². The molecule has 0 spiro atoms. The number of nitro benzene ring substituents is 1. The van der Waals surface area contributed by atoms with Crippen LogP contribution < -0.4 is 4.74 Å². The van der Waals surface area contributed by atoms with Gasteiger partial charge in [0, 0.05) is 6.07 Å². The number of nitro groups is 1. The number of hydrogen-bond acceptors (Lipinski definition) is 3. The number of ether oxygens (including phenoxy) is 1. The molecule has 0 unspecified atom stereocenters. The summed E-state index contributed by atoms with van der Waals surface area (Å²) in [6, 6.07) is 12.5. The predicted octanol–water partition coefficient (Wildman–Crippen LogP) is 3.33. The molecule has 0 fully saturated rings. The summed E-state index contributed by atoms with van der Waals surface area (Å²) in [5, 5.41) is 10.4. The molecule has 2 rings (SSSR count). The van der Waals surface area contributed by atoms with Gasteiger partial charge in [-0.3, -0.25) is 10.1 Å². The zero-order chi connectivity index (χ0) is 12.3. The Hall–Kier alpha value is -2.43. The van der Waals surface area contributed by atoms with Gasteiger partial charge in [0.15, 0.2) is 11.6 Å². The van der Waals surface area contributed by atoms with Gasteiger partial charge in [-0.25, -0.2) is 4.39 Å². The molecule has 0 amide bonds. The van der Waals surface area contributed by atoms with Crippen LogP contribution in [0.4, 0.5) is 10.1 Å². The molecule has 4 nitrogen and oxygen atoms in total. The van der Waals surface area contributed by atoms with Crippen molar-refractivity contribution in [1.82, 2.24) is 0 Å². The molecule has 85 valence electrons. The van der Waals surface area contributed by atoms with Crippen LogP contribution in [-0.4, -0.2) is 4.92 Å². The van der Waals surface area contributed by atoms with Crippen LogP contribution in [0, 0.1) is 22.0 Å². The molecule has 5 heteroatoms. The number of benzene rings is 2. The molecule has 0 aromatic heterocycles. The molecule has 0 aliphatic rings. The van der Waals surface area contributed by atoms with E-state index in [-0.39, 0.29) is 11.4 Å². The molecule has 0 heterocycles. The minimum atomic E-state index is -0.771. The summed E-state index contributed by atoms with van der Waals surface area (Å²) >= 11 is 0. The summed E-state index contributed by atoms with van der Waals surface area (Å²) in [5.41, 5.74) is -0.309. The van der Waals surface area contributed by atoms with Crippen LogP contribution in [0.15, 0.2) is 42.5 Å². The molecule has 0 saturated carbocycles. The van der Waals surface area contributed by atoms with Crippen molar-refractivity contribution in [1.29, 1.82) is 0 Å². The molecule has 0 saturated heterocycles. The van der Waals surface area contributed by atoms with Gasteiger partial charge in [0.2, 0.25) is 0 Å². The van der Waals surface area contributed by atoms with E-state index in [0.29, 0.717) is 5.75 Å². The molecule has 2 aromatic rings. The Bertz CT molecular complexity index is 543. The molecular formula is C12H7FNO3. The fourth-order valence-corrected chi connectivity index (χ4v) is 1.25. The Labute approximate surface area is 96.4 Å². The average molecular weight is 232 g/mol. The van der Waals surface area contributed by atoms with Crippen molar-refractivity contribution in [2.45, 2.75) is 0 Å². The third kappa shape index (κ3) is 2.57. The second-order valence-corrected chi connectivity index (χ2v) is 3.21. The maximum Gasteiger partial charge on any atom is 0.272 e. The van der Waals surface area contributed by atoms with Gasteiger partial charge in [-0.1, -0.05) is 12.1 Å². The van der Waals surface area contributed by atoms with E-state index in [9.17, 15) is 14.5 Å². The average Bonchev–Trinajstić information content (AvgIpc) is 2.33. The maximum atomic E-state index is 13.5. The number of halogens is 1. The zero-order valence-corrected chi connectivity index (χ0v) is 8.59. The van der Waals surface area contributed by atoms with Crippen LogP contribution in [0.2, 0.25) is 0 Å². The summed E-state index contributed by atoms with van der Waals surface area (Å²) in [7, 11) is 0. The van der Waals surface area contributed by atoms with Gasteiger partial charge in [-0.15, -0.1) is 0 Å². The van der Waals surface area contributed by atoms with Crippen LogP contribution in [0.3, 0.4) is 0 Å². The van der Waals surface area contributed by atoms with Crippen molar-refractivity contribution in [3.05, 3.63) is 64.5 Å². The van der Waals surface area contributed by atoms with E-state index in [1.54, 1.807) is 24.3 Å². The second-order valence-electron chi connectivity index (χ2n) is 3.21. The predicted molar refractivity (Wildman–Crippen MR) is 58.4 cm³/mol. The maximum absolute atomic E-state index is 13.5. The molecular weight excluding hydrogens is 225 g/mol. The molecule has 0 N–H and O–H groups in total. The minimum absolute atomic E-state index is 0.0539. The molecule has 0 aliphatic heterocycles. The van der Waals surface area contributed by atoms with E-state index in [2.05, 4.69) is 6.07 Å². The quantitative estimate of drug-likeness (QED) is 0.602. The van der Waals surface area contributed by atoms with Gasteiger partial charge in [0.05, 0.1) is 11.0 Å². The third-order valence-corrected chi connectivity index (χ3v) is 2.04. The summed E-state index contributed by atoms with van der Waals surface area (Å²) in [6.07, 6.45) is 0. The summed E-state index contributed by atoms with van der Waals surface area (Å²) in [4.78, 5) is 9.75. The van der Waals surface area contributed by atoms with Crippen LogP contribution >= 0.6 is 0 Å². The first-order valence-corrected chi connectivity index (χ1v) is 4.75. The number of hydrogen-bond donors (Lipinski definition) is 0. The smallest absolute Gasteiger partial charge is 0.272 e. The molecule has 17 heavy (non-hydrogen) atoms. The van der Waals surface area contributed by atoms with E-state index >= 15 is 0 Å². The number of nitrogens with zero attached hydrogens (tertiary/aromatic N) is 1. The van der Waals surface area contributed by atoms with Gasteiger partial charge in [-0.05, 0) is 24.3 Å². The third-order valence-electron chi connectivity index (χ3n) is 2.04. The number of non-ortho nitro benzene ring substituents is 1. The SMILES string of the molecule is O=[N+]([O-])c1ccc(Oc2cc[c]cc2)c(F)c1. The van der Waals surface area contributed by atoms with Gasteiger partial charge in [0.1, 0.15) is 5.75 Å². The first-order chi connectivity index (χ1) is 8.16. The van der Waals surface area contributed by atoms with Gasteiger partial charge in [-0.2, -0.15) is 0 Å². The van der Waals surface area contributed by atoms with Crippen molar-refractivity contribution in [2.24, 2.45) is 0 Å².